The van der Waals surface area contributed by atoms with Gasteiger partial charge in [0.1, 0.15) is 16.0 Å². The minimum absolute atomic E-state index is 0.0181. The Morgan fingerprint density at radius 2 is 1.71 bits per heavy atom. The van der Waals surface area contributed by atoms with Crippen LogP contribution in [0.4, 0.5) is 0 Å². The van der Waals surface area contributed by atoms with Crippen LogP contribution in [0.25, 0.3) is 10.8 Å². The van der Waals surface area contributed by atoms with Crippen LogP contribution in [0.3, 0.4) is 0 Å². The summed E-state index contributed by atoms with van der Waals surface area (Å²) in [5, 5.41) is 2.74. The quantitative estimate of drug-likeness (QED) is 0.262. The van der Waals surface area contributed by atoms with Crippen LogP contribution in [-0.2, 0) is 15.1 Å². The largest absolute Gasteiger partial charge is 0.497 e. The molecule has 0 radical (unpaired) electrons. The zero-order chi connectivity index (χ0) is 30.5. The van der Waals surface area contributed by atoms with E-state index in [0.717, 1.165) is 51.6 Å². The summed E-state index contributed by atoms with van der Waals surface area (Å²) in [6.07, 6.45) is 1.91. The summed E-state index contributed by atoms with van der Waals surface area (Å²) in [5.41, 5.74) is 2.77. The van der Waals surface area contributed by atoms with Crippen LogP contribution in [0.1, 0.15) is 58.4 Å². The average molecular weight is 616 g/mol. The predicted octanol–water partition coefficient (Wildman–Crippen LogP) is 6.49. The highest BCUT2D eigenvalue weighted by Gasteiger charge is 2.72. The molecule has 4 heterocycles. The van der Waals surface area contributed by atoms with E-state index in [4.69, 9.17) is 14.5 Å². The number of fused-ring (bicyclic) bond motifs is 3. The molecule has 4 aliphatic heterocycles. The summed E-state index contributed by atoms with van der Waals surface area (Å²) < 4.78 is 10.8. The molecule has 1 amide bonds. The minimum atomic E-state index is -1.00. The third-order valence-electron chi connectivity index (χ3n) is 10.8. The molecule has 0 aromatic heterocycles. The first-order valence-corrected chi connectivity index (χ1v) is 16.5. The second-order valence-electron chi connectivity index (χ2n) is 12.9. The van der Waals surface area contributed by atoms with Crippen LogP contribution in [0.15, 0.2) is 96.0 Å². The minimum Gasteiger partial charge on any atom is -0.497 e. The third-order valence-corrected chi connectivity index (χ3v) is 12.2. The Balaban J connectivity index is 1.26. The van der Waals surface area contributed by atoms with E-state index in [1.165, 1.54) is 11.8 Å². The number of rotatable bonds is 3. The van der Waals surface area contributed by atoms with Gasteiger partial charge < -0.3 is 9.47 Å². The normalized spacial score (nSPS) is 32.0. The molecule has 9 rings (SSSR count). The number of carbonyl (C=O) groups excluding carboxylic acids is 2. The molecule has 0 N–H and O–H groups in total. The Labute approximate surface area is 266 Å². The van der Waals surface area contributed by atoms with Gasteiger partial charge >= 0.3 is 0 Å². The van der Waals surface area contributed by atoms with E-state index in [1.807, 2.05) is 72.6 Å². The van der Waals surface area contributed by atoms with E-state index in [1.54, 1.807) is 7.11 Å². The summed E-state index contributed by atoms with van der Waals surface area (Å²) in [4.78, 5) is 39.6. The van der Waals surface area contributed by atoms with Crippen molar-refractivity contribution in [3.8, 4) is 5.75 Å². The Bertz CT molecular complexity index is 1910. The monoisotopic (exact) mass is 615 g/mol. The molecular formula is C37H33N3O4S. The van der Waals surface area contributed by atoms with Gasteiger partial charge in [0.05, 0.1) is 19.2 Å². The molecule has 0 saturated carbocycles. The van der Waals surface area contributed by atoms with Gasteiger partial charge in [-0.25, -0.2) is 4.99 Å². The van der Waals surface area contributed by atoms with E-state index in [2.05, 4.69) is 35.2 Å². The Kier molecular flexibility index (Phi) is 5.93. The first kappa shape index (κ1) is 27.3. The summed E-state index contributed by atoms with van der Waals surface area (Å²) >= 11 is 1.54. The number of benzene rings is 4. The van der Waals surface area contributed by atoms with Gasteiger partial charge in [-0.2, -0.15) is 0 Å². The number of Topliss-reactive ketones (excluding diaryl/α,β-unsaturated/α-hetero) is 1. The molecule has 7 nitrogen and oxygen atoms in total. The smallest absolute Gasteiger partial charge is 0.247 e. The van der Waals surface area contributed by atoms with Gasteiger partial charge in [-0.3, -0.25) is 19.4 Å². The van der Waals surface area contributed by atoms with Crippen molar-refractivity contribution in [1.82, 2.24) is 9.80 Å². The van der Waals surface area contributed by atoms with E-state index < -0.39 is 16.3 Å². The zero-order valence-electron chi connectivity index (χ0n) is 25.2. The second kappa shape index (κ2) is 9.76. The van der Waals surface area contributed by atoms with Crippen LogP contribution in [0.5, 0.6) is 5.75 Å². The molecule has 3 fully saturated rings. The average Bonchev–Trinajstić information content (AvgIpc) is 3.61. The van der Waals surface area contributed by atoms with Crippen molar-refractivity contribution in [2.45, 2.75) is 47.9 Å². The van der Waals surface area contributed by atoms with Crippen molar-refractivity contribution in [3.63, 3.8) is 0 Å². The lowest BCUT2D eigenvalue weighted by Gasteiger charge is -2.43. The predicted molar refractivity (Wildman–Crippen MR) is 174 cm³/mol. The van der Waals surface area contributed by atoms with Gasteiger partial charge in [0.25, 0.3) is 0 Å². The highest BCUT2D eigenvalue weighted by atomic mass is 32.2. The molecule has 2 spiro atoms. The Morgan fingerprint density at radius 3 is 2.49 bits per heavy atom. The molecule has 1 aliphatic carbocycles. The number of likely N-dealkylation sites (N-methyl/N-ethyl adjacent to an activating group) is 1. The number of likely N-dealkylation sites (tertiary alicyclic amines) is 1. The van der Waals surface area contributed by atoms with Crippen molar-refractivity contribution in [3.05, 3.63) is 113 Å². The van der Waals surface area contributed by atoms with E-state index >= 15 is 4.79 Å². The van der Waals surface area contributed by atoms with Crippen molar-refractivity contribution < 1.29 is 19.1 Å². The number of hydrogen-bond donors (Lipinski definition) is 0. The lowest BCUT2D eigenvalue weighted by Crippen LogP contribution is -2.50. The molecular weight excluding hydrogens is 582 g/mol. The van der Waals surface area contributed by atoms with Crippen LogP contribution < -0.4 is 4.74 Å². The highest BCUT2D eigenvalue weighted by Crippen LogP contribution is 2.66. The standard InChI is InChI=1S/C37H33N3O4S/c1-39-31(24-16-18-25(43-2)19-17-24)37(21-36(39)28-15-7-12-22-11-6-13-26(29(22)28)32(36)41)34(42)40-30(23-9-4-3-5-10-23)27-14-8-20-44-33(27)38-35(40)45-37/h3-7,9-13,15-19,27,30-31,33H,8,14,20-21H2,1-2H3/t27?,30?,31-,33?,36+,37-/m1/s1. The molecule has 4 aromatic rings. The molecule has 226 valence electrons. The maximum absolute atomic E-state index is 15.5. The number of thioether (sulfide) groups is 1. The number of ketones is 1. The summed E-state index contributed by atoms with van der Waals surface area (Å²) in [5.74, 6) is 0.881. The van der Waals surface area contributed by atoms with Gasteiger partial charge in [0.15, 0.2) is 17.2 Å². The maximum atomic E-state index is 15.5. The molecule has 3 unspecified atom stereocenters. The fourth-order valence-corrected chi connectivity index (χ4v) is 10.6. The van der Waals surface area contributed by atoms with Crippen molar-refractivity contribution in [1.29, 1.82) is 0 Å². The fraction of sp³-hybridized carbons (Fsp3) is 0.324. The van der Waals surface area contributed by atoms with Gasteiger partial charge in [0, 0.05) is 24.5 Å². The van der Waals surface area contributed by atoms with E-state index in [-0.39, 0.29) is 29.9 Å². The number of ether oxygens (including phenoxy) is 2. The van der Waals surface area contributed by atoms with E-state index in [9.17, 15) is 4.79 Å². The summed E-state index contributed by atoms with van der Waals surface area (Å²) in [7, 11) is 3.68. The Morgan fingerprint density at radius 1 is 0.933 bits per heavy atom. The molecule has 3 saturated heterocycles. The first-order valence-electron chi connectivity index (χ1n) is 15.7. The van der Waals surface area contributed by atoms with Gasteiger partial charge in [-0.15, -0.1) is 0 Å². The molecule has 6 atom stereocenters. The van der Waals surface area contributed by atoms with Crippen molar-refractivity contribution in [2.75, 3.05) is 20.8 Å². The maximum Gasteiger partial charge on any atom is 0.247 e. The van der Waals surface area contributed by atoms with Crippen LogP contribution in [0, 0.1) is 5.92 Å². The number of nitrogens with zero attached hydrogens (tertiary/aromatic N) is 3. The topological polar surface area (TPSA) is 71.4 Å². The SMILES string of the molecule is COc1ccc([C@H]2N(C)[C@]3(C[C@@]24SC2=NC5OCCCC5C(c5ccccc5)N2C4=O)C(=O)c2cccc4cccc3c24)cc1. The lowest BCUT2D eigenvalue weighted by molar-refractivity contribution is -0.136. The lowest BCUT2D eigenvalue weighted by atomic mass is 9.81. The highest BCUT2D eigenvalue weighted by molar-refractivity contribution is 8.16. The van der Waals surface area contributed by atoms with Crippen LogP contribution in [-0.4, -0.2) is 58.4 Å². The van der Waals surface area contributed by atoms with Gasteiger partial charge in [0.2, 0.25) is 5.91 Å². The fourth-order valence-electron chi connectivity index (χ4n) is 8.91. The summed E-state index contributed by atoms with van der Waals surface area (Å²) in [6.45, 7) is 0.667. The van der Waals surface area contributed by atoms with Crippen molar-refractivity contribution >= 4 is 39.4 Å². The van der Waals surface area contributed by atoms with Crippen LogP contribution in [0.2, 0.25) is 0 Å². The zero-order valence-corrected chi connectivity index (χ0v) is 26.0. The molecule has 0 bridgehead atoms. The second-order valence-corrected chi connectivity index (χ2v) is 14.2. The number of aliphatic imine (C=N–C) groups is 1. The number of carbonyl (C=O) groups is 2. The molecule has 45 heavy (non-hydrogen) atoms. The van der Waals surface area contributed by atoms with Gasteiger partial charge in [-0.1, -0.05) is 90.6 Å². The molecule has 5 aliphatic rings. The number of hydrogen-bond acceptors (Lipinski definition) is 7. The number of methoxy groups -OCH3 is 1. The number of amides is 1. The molecule has 8 heteroatoms. The third kappa shape index (κ3) is 3.53. The number of amidine groups is 1. The van der Waals surface area contributed by atoms with E-state index in [0.29, 0.717) is 18.2 Å². The van der Waals surface area contributed by atoms with Crippen LogP contribution >= 0.6 is 11.8 Å². The summed E-state index contributed by atoms with van der Waals surface area (Å²) in [6, 6.07) is 29.8. The van der Waals surface area contributed by atoms with Gasteiger partial charge in [-0.05, 0) is 59.5 Å². The first-order chi connectivity index (χ1) is 22.0. The van der Waals surface area contributed by atoms with Crippen molar-refractivity contribution in [2.24, 2.45) is 10.9 Å². The molecule has 4 aromatic carbocycles. The Hall–Kier alpha value is -3.98.